The molecule has 0 heterocycles. The summed E-state index contributed by atoms with van der Waals surface area (Å²) in [5.74, 6) is 0.142. The molecule has 0 amide bonds. The van der Waals surface area contributed by atoms with Crippen molar-refractivity contribution in [2.24, 2.45) is 0 Å². The number of aliphatic hydroxyl groups is 2. The second-order valence-electron chi connectivity index (χ2n) is 3.97. The Bertz CT molecular complexity index is 312. The van der Waals surface area contributed by atoms with E-state index >= 15 is 0 Å². The van der Waals surface area contributed by atoms with E-state index in [0.29, 0.717) is 11.4 Å². The van der Waals surface area contributed by atoms with Crippen LogP contribution in [-0.2, 0) is 0 Å². The van der Waals surface area contributed by atoms with E-state index in [1.54, 1.807) is 6.92 Å². The second-order valence-corrected chi connectivity index (χ2v) is 4.37. The Morgan fingerprint density at radius 1 is 1.20 bits per heavy atom. The van der Waals surface area contributed by atoms with Crippen LogP contribution >= 0.6 is 11.6 Å². The van der Waals surface area contributed by atoms with E-state index in [-0.39, 0.29) is 5.92 Å². The summed E-state index contributed by atoms with van der Waals surface area (Å²) in [5, 5.41) is 19.5. The average molecular weight is 229 g/mol. The van der Waals surface area contributed by atoms with Crippen molar-refractivity contribution in [3.05, 3.63) is 34.9 Å². The Morgan fingerprint density at radius 2 is 1.80 bits per heavy atom. The van der Waals surface area contributed by atoms with Gasteiger partial charge in [0.2, 0.25) is 0 Å². The van der Waals surface area contributed by atoms with Crippen molar-refractivity contribution in [2.45, 2.75) is 38.4 Å². The van der Waals surface area contributed by atoms with Crippen molar-refractivity contribution < 1.29 is 10.2 Å². The van der Waals surface area contributed by atoms with E-state index < -0.39 is 12.2 Å². The van der Waals surface area contributed by atoms with Gasteiger partial charge in [-0.1, -0.05) is 36.7 Å². The van der Waals surface area contributed by atoms with E-state index in [0.717, 1.165) is 5.56 Å². The maximum Gasteiger partial charge on any atom is 0.0802 e. The molecule has 0 saturated carbocycles. The Labute approximate surface area is 95.5 Å². The third-order valence-corrected chi connectivity index (χ3v) is 2.93. The minimum absolute atomic E-state index is 0.142. The standard InChI is InChI=1S/C12H17ClO2/c1-8(7-12(15)9(2)14)10-5-3-4-6-11(10)13/h3-6,8-9,12,14-15H,7H2,1-2H3. The lowest BCUT2D eigenvalue weighted by atomic mass is 9.93. The molecule has 0 radical (unpaired) electrons. The van der Waals surface area contributed by atoms with Crippen LogP contribution in [0.1, 0.15) is 31.7 Å². The summed E-state index contributed by atoms with van der Waals surface area (Å²) in [5.41, 5.74) is 1.01. The summed E-state index contributed by atoms with van der Waals surface area (Å²) in [6.45, 7) is 3.58. The lowest BCUT2D eigenvalue weighted by molar-refractivity contribution is 0.0227. The van der Waals surface area contributed by atoms with Gasteiger partial charge in [0.1, 0.15) is 0 Å². The second kappa shape index (κ2) is 5.50. The zero-order valence-electron chi connectivity index (χ0n) is 9.02. The van der Waals surface area contributed by atoms with Gasteiger partial charge in [0, 0.05) is 5.02 Å². The predicted molar refractivity (Wildman–Crippen MR) is 62.2 cm³/mol. The molecule has 2 N–H and O–H groups in total. The van der Waals surface area contributed by atoms with Crippen LogP contribution in [0.4, 0.5) is 0 Å². The van der Waals surface area contributed by atoms with Crippen molar-refractivity contribution >= 4 is 11.6 Å². The minimum atomic E-state index is -0.699. The van der Waals surface area contributed by atoms with E-state index in [2.05, 4.69) is 0 Å². The first kappa shape index (κ1) is 12.5. The number of hydrogen-bond donors (Lipinski definition) is 2. The molecule has 1 aromatic rings. The Kier molecular flexibility index (Phi) is 4.58. The Hall–Kier alpha value is -0.570. The molecule has 3 atom stereocenters. The number of hydrogen-bond acceptors (Lipinski definition) is 2. The van der Waals surface area contributed by atoms with E-state index in [1.165, 1.54) is 0 Å². The highest BCUT2D eigenvalue weighted by Crippen LogP contribution is 2.27. The van der Waals surface area contributed by atoms with Crippen LogP contribution in [0.2, 0.25) is 5.02 Å². The van der Waals surface area contributed by atoms with Crippen molar-refractivity contribution in [1.82, 2.24) is 0 Å². The first-order valence-corrected chi connectivity index (χ1v) is 5.50. The highest BCUT2D eigenvalue weighted by molar-refractivity contribution is 6.31. The quantitative estimate of drug-likeness (QED) is 0.832. The number of halogens is 1. The first-order chi connectivity index (χ1) is 7.02. The van der Waals surface area contributed by atoms with Gasteiger partial charge in [-0.25, -0.2) is 0 Å². The van der Waals surface area contributed by atoms with Gasteiger partial charge in [0.15, 0.2) is 0 Å². The monoisotopic (exact) mass is 228 g/mol. The third-order valence-electron chi connectivity index (χ3n) is 2.59. The normalized spacial score (nSPS) is 17.1. The number of benzene rings is 1. The van der Waals surface area contributed by atoms with Crippen molar-refractivity contribution in [3.63, 3.8) is 0 Å². The van der Waals surface area contributed by atoms with Gasteiger partial charge in [-0.05, 0) is 30.9 Å². The average Bonchev–Trinajstić information content (AvgIpc) is 2.18. The maximum absolute atomic E-state index is 9.56. The van der Waals surface area contributed by atoms with Crippen molar-refractivity contribution in [1.29, 1.82) is 0 Å². The maximum atomic E-state index is 9.56. The molecule has 0 bridgehead atoms. The summed E-state index contributed by atoms with van der Waals surface area (Å²) >= 11 is 6.04. The summed E-state index contributed by atoms with van der Waals surface area (Å²) in [7, 11) is 0. The van der Waals surface area contributed by atoms with Gasteiger partial charge in [0.25, 0.3) is 0 Å². The molecular weight excluding hydrogens is 212 g/mol. The summed E-state index contributed by atoms with van der Waals surface area (Å²) < 4.78 is 0. The van der Waals surface area contributed by atoms with Gasteiger partial charge < -0.3 is 10.2 Å². The van der Waals surface area contributed by atoms with Gasteiger partial charge in [-0.2, -0.15) is 0 Å². The summed E-state index contributed by atoms with van der Waals surface area (Å²) in [4.78, 5) is 0. The number of rotatable bonds is 4. The molecule has 15 heavy (non-hydrogen) atoms. The van der Waals surface area contributed by atoms with Crippen molar-refractivity contribution in [2.75, 3.05) is 0 Å². The van der Waals surface area contributed by atoms with Crippen LogP contribution < -0.4 is 0 Å². The molecule has 1 rings (SSSR count). The number of aliphatic hydroxyl groups excluding tert-OH is 2. The summed E-state index contributed by atoms with van der Waals surface area (Å²) in [6, 6.07) is 7.58. The minimum Gasteiger partial charge on any atom is -0.391 e. The lowest BCUT2D eigenvalue weighted by Gasteiger charge is -2.19. The molecule has 0 aromatic heterocycles. The molecule has 1 aromatic carbocycles. The van der Waals surface area contributed by atoms with Crippen LogP contribution in [-0.4, -0.2) is 22.4 Å². The zero-order valence-corrected chi connectivity index (χ0v) is 9.78. The van der Waals surface area contributed by atoms with Gasteiger partial charge >= 0.3 is 0 Å². The Balaban J connectivity index is 2.69. The molecule has 0 fully saturated rings. The van der Waals surface area contributed by atoms with Gasteiger partial charge in [-0.15, -0.1) is 0 Å². The lowest BCUT2D eigenvalue weighted by Crippen LogP contribution is -2.24. The smallest absolute Gasteiger partial charge is 0.0802 e. The van der Waals surface area contributed by atoms with E-state index in [4.69, 9.17) is 11.6 Å². The zero-order chi connectivity index (χ0) is 11.4. The molecule has 2 nitrogen and oxygen atoms in total. The third kappa shape index (κ3) is 3.49. The fraction of sp³-hybridized carbons (Fsp3) is 0.500. The molecule has 0 spiro atoms. The van der Waals surface area contributed by atoms with Crippen molar-refractivity contribution in [3.8, 4) is 0 Å². The molecule has 0 aliphatic carbocycles. The van der Waals surface area contributed by atoms with Crippen LogP contribution in [0.25, 0.3) is 0 Å². The van der Waals surface area contributed by atoms with E-state index in [9.17, 15) is 10.2 Å². The predicted octanol–water partition coefficient (Wildman–Crippen LogP) is 2.58. The Morgan fingerprint density at radius 3 is 2.33 bits per heavy atom. The van der Waals surface area contributed by atoms with Crippen LogP contribution in [0, 0.1) is 0 Å². The van der Waals surface area contributed by atoms with Crippen LogP contribution in [0.5, 0.6) is 0 Å². The van der Waals surface area contributed by atoms with Crippen LogP contribution in [0.3, 0.4) is 0 Å². The fourth-order valence-electron chi connectivity index (χ4n) is 1.56. The largest absolute Gasteiger partial charge is 0.391 e. The van der Waals surface area contributed by atoms with Gasteiger partial charge in [0.05, 0.1) is 12.2 Å². The highest BCUT2D eigenvalue weighted by atomic mass is 35.5. The van der Waals surface area contributed by atoms with E-state index in [1.807, 2.05) is 31.2 Å². The SMILES string of the molecule is CC(CC(O)C(C)O)c1ccccc1Cl. The fourth-order valence-corrected chi connectivity index (χ4v) is 1.88. The first-order valence-electron chi connectivity index (χ1n) is 5.13. The molecule has 3 unspecified atom stereocenters. The molecule has 3 heteroatoms. The molecule has 0 saturated heterocycles. The van der Waals surface area contributed by atoms with Crippen LogP contribution in [0.15, 0.2) is 24.3 Å². The highest BCUT2D eigenvalue weighted by Gasteiger charge is 2.17. The van der Waals surface area contributed by atoms with Gasteiger partial charge in [-0.3, -0.25) is 0 Å². The molecular formula is C12H17ClO2. The molecule has 84 valence electrons. The molecule has 0 aliphatic rings. The summed E-state index contributed by atoms with van der Waals surface area (Å²) in [6.07, 6.45) is -0.882. The topological polar surface area (TPSA) is 40.5 Å². The molecule has 0 aliphatic heterocycles.